The fraction of sp³-hybridized carbons (Fsp3) is 0.333. The van der Waals surface area contributed by atoms with Gasteiger partial charge in [-0.1, -0.05) is 13.8 Å². The van der Waals surface area contributed by atoms with Gasteiger partial charge in [-0.05, 0) is 40.2 Å². The summed E-state index contributed by atoms with van der Waals surface area (Å²) in [5.74, 6) is 0.487. The van der Waals surface area contributed by atoms with Gasteiger partial charge in [0.15, 0.2) is 0 Å². The van der Waals surface area contributed by atoms with Crippen molar-refractivity contribution in [1.82, 2.24) is 5.32 Å². The summed E-state index contributed by atoms with van der Waals surface area (Å²) < 4.78 is 20.2. The molecule has 5 heteroatoms. The number of rotatable bonds is 6. The fourth-order valence-corrected chi connectivity index (χ4v) is 3.08. The van der Waals surface area contributed by atoms with Gasteiger partial charge in [-0.25, -0.2) is 4.39 Å². The van der Waals surface area contributed by atoms with Crippen LogP contribution in [0.3, 0.4) is 0 Å². The molecule has 0 spiro atoms. The number of thiophene rings is 1. The molecule has 0 radical (unpaired) electrons. The highest BCUT2D eigenvalue weighted by Crippen LogP contribution is 2.24. The van der Waals surface area contributed by atoms with E-state index in [9.17, 15) is 4.39 Å². The van der Waals surface area contributed by atoms with E-state index in [0.29, 0.717) is 19.2 Å². The first-order chi connectivity index (χ1) is 9.54. The van der Waals surface area contributed by atoms with Crippen molar-refractivity contribution in [2.45, 2.75) is 33.0 Å². The average Bonchev–Trinajstić information content (AvgIpc) is 2.81. The third-order valence-corrected chi connectivity index (χ3v) is 4.39. The zero-order valence-corrected chi connectivity index (χ0v) is 13.9. The predicted octanol–water partition coefficient (Wildman–Crippen LogP) is 4.73. The van der Waals surface area contributed by atoms with Gasteiger partial charge in [0.2, 0.25) is 0 Å². The molecule has 1 heterocycles. The van der Waals surface area contributed by atoms with Crippen molar-refractivity contribution >= 4 is 27.3 Å². The lowest BCUT2D eigenvalue weighted by Gasteiger charge is -2.13. The molecule has 2 nitrogen and oxygen atoms in total. The van der Waals surface area contributed by atoms with Crippen LogP contribution in [0, 0.1) is 5.82 Å². The van der Waals surface area contributed by atoms with E-state index in [2.05, 4.69) is 35.1 Å². The number of ether oxygens (including phenoxy) is 1. The first kappa shape index (κ1) is 15.5. The molecule has 2 rings (SSSR count). The van der Waals surface area contributed by atoms with Crippen LogP contribution >= 0.6 is 27.3 Å². The topological polar surface area (TPSA) is 21.3 Å². The highest BCUT2D eigenvalue weighted by atomic mass is 79.9. The van der Waals surface area contributed by atoms with Crippen LogP contribution in [0.15, 0.2) is 34.1 Å². The third kappa shape index (κ3) is 4.58. The van der Waals surface area contributed by atoms with Gasteiger partial charge < -0.3 is 10.1 Å². The maximum atomic E-state index is 13.4. The molecule has 2 aromatic rings. The quantitative estimate of drug-likeness (QED) is 0.806. The predicted molar refractivity (Wildman–Crippen MR) is 84.7 cm³/mol. The minimum atomic E-state index is -0.239. The molecule has 1 N–H and O–H groups in total. The molecule has 0 bridgehead atoms. The lowest BCUT2D eigenvalue weighted by molar-refractivity contribution is 0.304. The smallest absolute Gasteiger partial charge is 0.124 e. The summed E-state index contributed by atoms with van der Waals surface area (Å²) in [5, 5.41) is 5.30. The third-order valence-electron chi connectivity index (χ3n) is 2.71. The Hall–Kier alpha value is -0.910. The van der Waals surface area contributed by atoms with Gasteiger partial charge in [0, 0.05) is 32.9 Å². The molecule has 0 atom stereocenters. The molecule has 0 aliphatic carbocycles. The highest BCUT2D eigenvalue weighted by molar-refractivity contribution is 9.10. The van der Waals surface area contributed by atoms with Crippen molar-refractivity contribution in [2.24, 2.45) is 0 Å². The summed E-state index contributed by atoms with van der Waals surface area (Å²) >= 11 is 5.05. The van der Waals surface area contributed by atoms with Crippen LogP contribution < -0.4 is 10.1 Å². The van der Waals surface area contributed by atoms with E-state index in [4.69, 9.17) is 4.74 Å². The Bertz CT molecular complexity index is 571. The van der Waals surface area contributed by atoms with Gasteiger partial charge in [0.05, 0.1) is 0 Å². The largest absolute Gasteiger partial charge is 0.488 e. The zero-order chi connectivity index (χ0) is 14.5. The van der Waals surface area contributed by atoms with Crippen molar-refractivity contribution in [3.05, 3.63) is 50.4 Å². The maximum Gasteiger partial charge on any atom is 0.124 e. The van der Waals surface area contributed by atoms with E-state index < -0.39 is 0 Å². The van der Waals surface area contributed by atoms with Crippen LogP contribution in [0.1, 0.15) is 24.3 Å². The lowest BCUT2D eigenvalue weighted by Crippen LogP contribution is -2.22. The molecule has 0 aliphatic heterocycles. The van der Waals surface area contributed by atoms with Gasteiger partial charge in [-0.3, -0.25) is 0 Å². The molecule has 0 saturated carbocycles. The molecule has 1 aromatic carbocycles. The molecule has 1 aromatic heterocycles. The first-order valence-corrected chi connectivity index (χ1v) is 8.09. The number of benzene rings is 1. The Labute approximate surface area is 131 Å². The van der Waals surface area contributed by atoms with E-state index >= 15 is 0 Å². The maximum absolute atomic E-state index is 13.4. The summed E-state index contributed by atoms with van der Waals surface area (Å²) in [4.78, 5) is 1.13. The number of hydrogen-bond acceptors (Lipinski definition) is 3. The van der Waals surface area contributed by atoms with Crippen molar-refractivity contribution in [3.8, 4) is 5.75 Å². The van der Waals surface area contributed by atoms with E-state index in [0.717, 1.165) is 20.7 Å². The highest BCUT2D eigenvalue weighted by Gasteiger charge is 2.07. The molecule has 0 fully saturated rings. The van der Waals surface area contributed by atoms with Gasteiger partial charge in [-0.15, -0.1) is 11.3 Å². The summed E-state index contributed by atoms with van der Waals surface area (Å²) in [6.07, 6.45) is 0. The lowest BCUT2D eigenvalue weighted by atomic mass is 10.2. The minimum Gasteiger partial charge on any atom is -0.488 e. The van der Waals surface area contributed by atoms with Gasteiger partial charge in [-0.2, -0.15) is 0 Å². The van der Waals surface area contributed by atoms with Crippen molar-refractivity contribution in [2.75, 3.05) is 0 Å². The van der Waals surface area contributed by atoms with Gasteiger partial charge in [0.25, 0.3) is 0 Å². The van der Waals surface area contributed by atoms with Crippen LogP contribution in [0.2, 0.25) is 0 Å². The van der Waals surface area contributed by atoms with E-state index in [1.807, 2.05) is 11.4 Å². The Morgan fingerprint density at radius 2 is 2.15 bits per heavy atom. The second kappa shape index (κ2) is 7.20. The number of nitrogens with one attached hydrogen (secondary N) is 1. The molecule has 0 aliphatic rings. The zero-order valence-electron chi connectivity index (χ0n) is 11.5. The summed E-state index contributed by atoms with van der Waals surface area (Å²) in [6, 6.07) is 7.02. The number of halogens is 2. The molecule has 0 amide bonds. The second-order valence-electron chi connectivity index (χ2n) is 4.81. The van der Waals surface area contributed by atoms with Crippen LogP contribution in [-0.2, 0) is 13.2 Å². The van der Waals surface area contributed by atoms with Crippen LogP contribution in [0.5, 0.6) is 5.75 Å². The van der Waals surface area contributed by atoms with E-state index in [1.54, 1.807) is 17.4 Å². The van der Waals surface area contributed by atoms with Crippen LogP contribution in [-0.4, -0.2) is 6.04 Å². The van der Waals surface area contributed by atoms with Crippen molar-refractivity contribution in [3.63, 3.8) is 0 Å². The standard InChI is InChI=1S/C15H17BrFNOS/c1-10(2)18-7-11-5-13(17)3-4-15(11)19-8-14-6-12(16)9-20-14/h3-6,9-10,18H,7-8H2,1-2H3. The molecule has 0 saturated heterocycles. The molecular weight excluding hydrogens is 341 g/mol. The summed E-state index contributed by atoms with van der Waals surface area (Å²) in [6.45, 7) is 5.21. The first-order valence-electron chi connectivity index (χ1n) is 6.42. The van der Waals surface area contributed by atoms with Crippen LogP contribution in [0.4, 0.5) is 4.39 Å². The molecule has 20 heavy (non-hydrogen) atoms. The average molecular weight is 358 g/mol. The SMILES string of the molecule is CC(C)NCc1cc(F)ccc1OCc1cc(Br)cs1. The Balaban J connectivity index is 2.05. The monoisotopic (exact) mass is 357 g/mol. The van der Waals surface area contributed by atoms with Gasteiger partial charge in [0.1, 0.15) is 18.2 Å². The van der Waals surface area contributed by atoms with Crippen LogP contribution in [0.25, 0.3) is 0 Å². The molecule has 0 unspecified atom stereocenters. The summed E-state index contributed by atoms with van der Waals surface area (Å²) in [7, 11) is 0. The van der Waals surface area contributed by atoms with Crippen molar-refractivity contribution in [1.29, 1.82) is 0 Å². The van der Waals surface area contributed by atoms with E-state index in [1.165, 1.54) is 12.1 Å². The second-order valence-corrected chi connectivity index (χ2v) is 6.72. The summed E-state index contributed by atoms with van der Waals surface area (Å²) in [5.41, 5.74) is 0.842. The number of hydrogen-bond donors (Lipinski definition) is 1. The normalized spacial score (nSPS) is 11.1. The van der Waals surface area contributed by atoms with Gasteiger partial charge >= 0.3 is 0 Å². The fourth-order valence-electron chi connectivity index (χ4n) is 1.72. The minimum absolute atomic E-state index is 0.239. The molecular formula is C15H17BrFNOS. The van der Waals surface area contributed by atoms with E-state index in [-0.39, 0.29) is 5.82 Å². The Morgan fingerprint density at radius 3 is 2.80 bits per heavy atom. The Morgan fingerprint density at radius 1 is 1.35 bits per heavy atom. The van der Waals surface area contributed by atoms with Crippen molar-refractivity contribution < 1.29 is 9.13 Å². The Kier molecular flexibility index (Phi) is 5.57. The molecule has 108 valence electrons.